The third-order valence-corrected chi connectivity index (χ3v) is 2.99. The number of nitrogens with one attached hydrogen (secondary N) is 1. The lowest BCUT2D eigenvalue weighted by Crippen LogP contribution is -2.34. The number of hydrogen-bond acceptors (Lipinski definition) is 4. The van der Waals surface area contributed by atoms with E-state index in [4.69, 9.17) is 5.26 Å². The van der Waals surface area contributed by atoms with E-state index in [1.165, 1.54) is 12.1 Å². The summed E-state index contributed by atoms with van der Waals surface area (Å²) < 4.78 is 13.0. The number of carbonyl (C=O) groups is 2. The topological polar surface area (TPSA) is 73.2 Å². The van der Waals surface area contributed by atoms with Crippen LogP contribution in [-0.4, -0.2) is 29.3 Å². The summed E-state index contributed by atoms with van der Waals surface area (Å²) in [5.74, 6) is -1.09. The van der Waals surface area contributed by atoms with Crippen molar-refractivity contribution in [3.8, 4) is 6.07 Å². The van der Waals surface area contributed by atoms with Crippen LogP contribution in [0.5, 0.6) is 0 Å². The number of benzene rings is 1. The molecule has 0 radical (unpaired) electrons. The van der Waals surface area contributed by atoms with Crippen LogP contribution >= 0.6 is 0 Å². The summed E-state index contributed by atoms with van der Waals surface area (Å²) in [6.45, 7) is 2.04. The van der Waals surface area contributed by atoms with Gasteiger partial charge in [-0.2, -0.15) is 5.26 Å². The van der Waals surface area contributed by atoms with Crippen molar-refractivity contribution in [2.24, 2.45) is 0 Å². The number of likely N-dealkylation sites (N-methyl/N-ethyl adjacent to an activating group) is 1. The zero-order valence-corrected chi connectivity index (χ0v) is 10.3. The Bertz CT molecular complexity index is 580. The molecule has 1 atom stereocenters. The molecule has 2 amide bonds. The van der Waals surface area contributed by atoms with Crippen molar-refractivity contribution >= 4 is 17.5 Å². The summed E-state index contributed by atoms with van der Waals surface area (Å²) in [6.07, 6.45) is 0.0505. The number of likely N-dealkylation sites (tertiary alicyclic amines) is 1. The molecule has 19 heavy (non-hydrogen) atoms. The predicted octanol–water partition coefficient (Wildman–Crippen LogP) is 1.26. The maximum absolute atomic E-state index is 13.0. The molecule has 1 aliphatic rings. The van der Waals surface area contributed by atoms with Gasteiger partial charge in [0.1, 0.15) is 17.9 Å². The predicted molar refractivity (Wildman–Crippen MR) is 65.5 cm³/mol. The molecule has 0 aliphatic carbocycles. The molecule has 5 nitrogen and oxygen atoms in total. The lowest BCUT2D eigenvalue weighted by Gasteiger charge is -2.14. The summed E-state index contributed by atoms with van der Waals surface area (Å²) >= 11 is 0. The third-order valence-electron chi connectivity index (χ3n) is 2.99. The van der Waals surface area contributed by atoms with Gasteiger partial charge < -0.3 is 5.32 Å². The minimum absolute atomic E-state index is 0.0505. The highest BCUT2D eigenvalue weighted by Crippen LogP contribution is 2.21. The van der Waals surface area contributed by atoms with E-state index in [9.17, 15) is 14.0 Å². The first-order valence-electron chi connectivity index (χ1n) is 5.87. The van der Waals surface area contributed by atoms with Crippen molar-refractivity contribution in [2.75, 3.05) is 11.9 Å². The number of halogens is 1. The molecular weight excluding hydrogens is 249 g/mol. The fourth-order valence-electron chi connectivity index (χ4n) is 2.05. The smallest absolute Gasteiger partial charge is 0.252 e. The summed E-state index contributed by atoms with van der Waals surface area (Å²) in [6, 6.07) is 4.83. The second-order valence-electron chi connectivity index (χ2n) is 4.18. The molecule has 1 aromatic carbocycles. The van der Waals surface area contributed by atoms with Crippen LogP contribution in [0.15, 0.2) is 18.2 Å². The molecule has 0 spiro atoms. The molecule has 1 heterocycles. The maximum Gasteiger partial charge on any atom is 0.252 e. The highest BCUT2D eigenvalue weighted by molar-refractivity contribution is 6.06. The van der Waals surface area contributed by atoms with Gasteiger partial charge >= 0.3 is 0 Å². The highest BCUT2D eigenvalue weighted by Gasteiger charge is 2.37. The largest absolute Gasteiger partial charge is 0.372 e. The molecule has 1 aliphatic heterocycles. The van der Waals surface area contributed by atoms with E-state index in [-0.39, 0.29) is 23.8 Å². The highest BCUT2D eigenvalue weighted by atomic mass is 19.1. The molecular formula is C13H12FN3O2. The molecule has 6 heteroatoms. The van der Waals surface area contributed by atoms with Gasteiger partial charge in [0, 0.05) is 6.54 Å². The Balaban J connectivity index is 2.22. The zero-order valence-electron chi connectivity index (χ0n) is 10.3. The lowest BCUT2D eigenvalue weighted by atomic mass is 10.1. The second kappa shape index (κ2) is 5.06. The third kappa shape index (κ3) is 2.40. The number of rotatable bonds is 3. The Kier molecular flexibility index (Phi) is 3.47. The lowest BCUT2D eigenvalue weighted by molar-refractivity contribution is -0.138. The molecule has 1 fully saturated rings. The minimum Gasteiger partial charge on any atom is -0.372 e. The van der Waals surface area contributed by atoms with E-state index >= 15 is 0 Å². The molecule has 2 rings (SSSR count). The van der Waals surface area contributed by atoms with E-state index in [0.717, 1.165) is 11.0 Å². The van der Waals surface area contributed by atoms with E-state index < -0.39 is 11.9 Å². The van der Waals surface area contributed by atoms with E-state index in [0.29, 0.717) is 12.2 Å². The van der Waals surface area contributed by atoms with E-state index in [2.05, 4.69) is 5.32 Å². The first-order valence-corrected chi connectivity index (χ1v) is 5.87. The average Bonchev–Trinajstić information content (AvgIpc) is 2.66. The van der Waals surface area contributed by atoms with Gasteiger partial charge in [-0.1, -0.05) is 0 Å². The molecule has 1 saturated heterocycles. The Labute approximate surface area is 109 Å². The van der Waals surface area contributed by atoms with Gasteiger partial charge in [0.2, 0.25) is 5.91 Å². The summed E-state index contributed by atoms with van der Waals surface area (Å²) in [4.78, 5) is 24.6. The summed E-state index contributed by atoms with van der Waals surface area (Å²) in [7, 11) is 0. The van der Waals surface area contributed by atoms with E-state index in [1.807, 2.05) is 6.07 Å². The fourth-order valence-corrected chi connectivity index (χ4v) is 2.05. The number of nitriles is 1. The van der Waals surface area contributed by atoms with Gasteiger partial charge in [0.15, 0.2) is 0 Å². The van der Waals surface area contributed by atoms with Crippen LogP contribution in [0.4, 0.5) is 10.1 Å². The minimum atomic E-state index is -0.690. The molecule has 0 saturated carbocycles. The van der Waals surface area contributed by atoms with Crippen molar-refractivity contribution in [1.82, 2.24) is 4.90 Å². The number of nitrogens with zero attached hydrogens (tertiary/aromatic N) is 2. The van der Waals surface area contributed by atoms with Crippen molar-refractivity contribution < 1.29 is 14.0 Å². The monoisotopic (exact) mass is 261 g/mol. The molecule has 1 unspecified atom stereocenters. The van der Waals surface area contributed by atoms with Crippen molar-refractivity contribution in [3.05, 3.63) is 29.6 Å². The van der Waals surface area contributed by atoms with Crippen LogP contribution in [0.1, 0.15) is 18.9 Å². The molecule has 0 aromatic heterocycles. The molecule has 1 N–H and O–H groups in total. The first-order chi connectivity index (χ1) is 9.06. The number of carbonyl (C=O) groups excluding carboxylic acids is 2. The second-order valence-corrected chi connectivity index (χ2v) is 4.18. The summed E-state index contributed by atoms with van der Waals surface area (Å²) in [5, 5.41) is 11.7. The quantitative estimate of drug-likeness (QED) is 0.831. The Morgan fingerprint density at radius 2 is 2.26 bits per heavy atom. The van der Waals surface area contributed by atoms with Crippen LogP contribution in [0.2, 0.25) is 0 Å². The van der Waals surface area contributed by atoms with Gasteiger partial charge in [-0.15, -0.1) is 0 Å². The average molecular weight is 261 g/mol. The van der Waals surface area contributed by atoms with Crippen molar-refractivity contribution in [1.29, 1.82) is 5.26 Å². The van der Waals surface area contributed by atoms with Gasteiger partial charge in [-0.05, 0) is 25.1 Å². The Morgan fingerprint density at radius 3 is 2.84 bits per heavy atom. The summed E-state index contributed by atoms with van der Waals surface area (Å²) in [5.41, 5.74) is 0.461. The van der Waals surface area contributed by atoms with Gasteiger partial charge in [-0.25, -0.2) is 4.39 Å². The van der Waals surface area contributed by atoms with Gasteiger partial charge in [-0.3, -0.25) is 14.5 Å². The van der Waals surface area contributed by atoms with Crippen LogP contribution in [-0.2, 0) is 9.59 Å². The van der Waals surface area contributed by atoms with Gasteiger partial charge in [0.05, 0.1) is 17.7 Å². The Morgan fingerprint density at radius 1 is 1.53 bits per heavy atom. The normalized spacial score (nSPS) is 18.6. The SMILES string of the molecule is CCN1C(=O)CC(Nc2ccc(F)cc2C#N)C1=O. The number of hydrogen-bond donors (Lipinski definition) is 1. The maximum atomic E-state index is 13.0. The van der Waals surface area contributed by atoms with Crippen LogP contribution in [0, 0.1) is 17.1 Å². The number of anilines is 1. The van der Waals surface area contributed by atoms with Crippen LogP contribution < -0.4 is 5.32 Å². The molecule has 98 valence electrons. The number of imide groups is 1. The van der Waals surface area contributed by atoms with Crippen molar-refractivity contribution in [2.45, 2.75) is 19.4 Å². The zero-order chi connectivity index (χ0) is 14.0. The molecule has 0 bridgehead atoms. The van der Waals surface area contributed by atoms with Crippen LogP contribution in [0.3, 0.4) is 0 Å². The molecule has 1 aromatic rings. The van der Waals surface area contributed by atoms with Gasteiger partial charge in [0.25, 0.3) is 5.91 Å². The van der Waals surface area contributed by atoms with E-state index in [1.54, 1.807) is 6.92 Å². The first kappa shape index (κ1) is 13.0. The van der Waals surface area contributed by atoms with Crippen molar-refractivity contribution in [3.63, 3.8) is 0 Å². The fraction of sp³-hybridized carbons (Fsp3) is 0.308. The van der Waals surface area contributed by atoms with Crippen LogP contribution in [0.25, 0.3) is 0 Å². The Hall–Kier alpha value is -2.42. The number of amides is 2. The standard InChI is InChI=1S/C13H12FN3O2/c1-2-17-12(18)6-11(13(17)19)16-10-4-3-9(14)5-8(10)7-15/h3-5,11,16H,2,6H2,1H3.